The summed E-state index contributed by atoms with van der Waals surface area (Å²) in [6, 6.07) is 0. The molecule has 0 N–H and O–H groups in total. The predicted octanol–water partition coefficient (Wildman–Crippen LogP) is 5.45. The molecule has 0 aliphatic heterocycles. The molecule has 0 fully saturated rings. The van der Waals surface area contributed by atoms with Gasteiger partial charge in [-0.1, -0.05) is 13.8 Å². The van der Waals surface area contributed by atoms with Gasteiger partial charge >= 0.3 is 0 Å². The van der Waals surface area contributed by atoms with Gasteiger partial charge in [0.15, 0.2) is 0 Å². The van der Waals surface area contributed by atoms with Gasteiger partial charge in [-0.15, -0.1) is 0 Å². The Labute approximate surface area is 137 Å². The highest BCUT2D eigenvalue weighted by Gasteiger charge is 2.29. The third kappa shape index (κ3) is 10.5. The lowest BCUT2D eigenvalue weighted by Gasteiger charge is -2.32. The summed E-state index contributed by atoms with van der Waals surface area (Å²) < 4.78 is 0. The molecule has 22 heavy (non-hydrogen) atoms. The molecule has 4 heteroatoms. The molecule has 0 aromatic heterocycles. The molecular weight excluding hydrogens is 280 g/mol. The molecule has 0 radical (unpaired) electrons. The number of rotatable bonds is 9. The zero-order valence-corrected chi connectivity index (χ0v) is 16.4. The van der Waals surface area contributed by atoms with Crippen molar-refractivity contribution < 1.29 is 19.6 Å². The van der Waals surface area contributed by atoms with Gasteiger partial charge in [-0.2, -0.15) is 0 Å². The SMILES string of the molecule is CCC(C)(CCC(C)C(C)OOC(C)(C)C)OOC(C)(C)C. The molecule has 0 amide bonds. The Morgan fingerprint density at radius 1 is 0.773 bits per heavy atom. The summed E-state index contributed by atoms with van der Waals surface area (Å²) in [7, 11) is 0. The first-order chi connectivity index (χ1) is 9.78. The zero-order valence-electron chi connectivity index (χ0n) is 16.4. The van der Waals surface area contributed by atoms with Crippen LogP contribution in [-0.2, 0) is 19.6 Å². The average Bonchev–Trinajstić information content (AvgIpc) is 2.38. The molecule has 0 aromatic rings. The summed E-state index contributed by atoms with van der Waals surface area (Å²) in [5, 5.41) is 0. The minimum absolute atomic E-state index is 0.0452. The molecule has 0 aromatic carbocycles. The van der Waals surface area contributed by atoms with E-state index in [1.54, 1.807) is 0 Å². The molecule has 0 bridgehead atoms. The first kappa shape index (κ1) is 21.8. The third-order valence-electron chi connectivity index (χ3n) is 3.62. The van der Waals surface area contributed by atoms with E-state index in [1.165, 1.54) is 0 Å². The summed E-state index contributed by atoms with van der Waals surface area (Å²) in [4.78, 5) is 22.1. The van der Waals surface area contributed by atoms with E-state index in [2.05, 4.69) is 20.8 Å². The van der Waals surface area contributed by atoms with Crippen molar-refractivity contribution in [1.29, 1.82) is 0 Å². The zero-order chi connectivity index (χ0) is 17.6. The van der Waals surface area contributed by atoms with Crippen LogP contribution < -0.4 is 0 Å². The van der Waals surface area contributed by atoms with E-state index >= 15 is 0 Å². The standard InChI is InChI=1S/C18H38O4/c1-11-18(10,22-21-17(7,8)9)13-12-14(2)15(3)19-20-16(4,5)6/h14-15H,11-13H2,1-10H3. The summed E-state index contributed by atoms with van der Waals surface area (Å²) in [6.45, 7) is 20.4. The van der Waals surface area contributed by atoms with Crippen molar-refractivity contribution in [2.75, 3.05) is 0 Å². The summed E-state index contributed by atoms with van der Waals surface area (Å²) in [5.41, 5.74) is -0.847. The minimum atomic E-state index is -0.293. The van der Waals surface area contributed by atoms with E-state index in [0.29, 0.717) is 5.92 Å². The topological polar surface area (TPSA) is 36.9 Å². The molecule has 0 heterocycles. The van der Waals surface area contributed by atoms with E-state index in [-0.39, 0.29) is 22.9 Å². The highest BCUT2D eigenvalue weighted by molar-refractivity contribution is 4.75. The molecule has 4 nitrogen and oxygen atoms in total. The van der Waals surface area contributed by atoms with Gasteiger partial charge in [0.05, 0.1) is 17.3 Å². The van der Waals surface area contributed by atoms with Crippen LogP contribution in [0, 0.1) is 5.92 Å². The quantitative estimate of drug-likeness (QED) is 0.418. The lowest BCUT2D eigenvalue weighted by molar-refractivity contribution is -0.403. The van der Waals surface area contributed by atoms with Crippen molar-refractivity contribution in [1.82, 2.24) is 0 Å². The van der Waals surface area contributed by atoms with E-state index < -0.39 is 0 Å². The van der Waals surface area contributed by atoms with Gasteiger partial charge in [0, 0.05) is 0 Å². The van der Waals surface area contributed by atoms with Gasteiger partial charge in [0.1, 0.15) is 5.60 Å². The fourth-order valence-corrected chi connectivity index (χ4v) is 1.59. The van der Waals surface area contributed by atoms with Gasteiger partial charge in [0.2, 0.25) is 0 Å². The van der Waals surface area contributed by atoms with Crippen LogP contribution in [0.3, 0.4) is 0 Å². The number of hydrogen-bond donors (Lipinski definition) is 0. The summed E-state index contributed by atoms with van der Waals surface area (Å²) in [6.07, 6.45) is 2.86. The van der Waals surface area contributed by atoms with E-state index in [1.807, 2.05) is 48.5 Å². The molecule has 3 atom stereocenters. The first-order valence-electron chi connectivity index (χ1n) is 8.49. The van der Waals surface area contributed by atoms with Crippen molar-refractivity contribution in [3.8, 4) is 0 Å². The second-order valence-electron chi connectivity index (χ2n) is 8.60. The molecule has 0 rings (SSSR count). The van der Waals surface area contributed by atoms with Gasteiger partial charge in [-0.3, -0.25) is 0 Å². The number of hydrogen-bond acceptors (Lipinski definition) is 4. The highest BCUT2D eigenvalue weighted by atomic mass is 17.2. The van der Waals surface area contributed by atoms with Crippen LogP contribution >= 0.6 is 0 Å². The Bertz CT molecular complexity index is 303. The van der Waals surface area contributed by atoms with E-state index in [0.717, 1.165) is 19.3 Å². The Morgan fingerprint density at radius 3 is 1.68 bits per heavy atom. The molecule has 134 valence electrons. The van der Waals surface area contributed by atoms with Crippen molar-refractivity contribution in [3.05, 3.63) is 0 Å². The lowest BCUT2D eigenvalue weighted by atomic mass is 9.90. The van der Waals surface area contributed by atoms with Gasteiger partial charge in [0.25, 0.3) is 0 Å². The van der Waals surface area contributed by atoms with Crippen LogP contribution in [0.25, 0.3) is 0 Å². The van der Waals surface area contributed by atoms with Crippen LogP contribution in [0.2, 0.25) is 0 Å². The average molecular weight is 318 g/mol. The van der Waals surface area contributed by atoms with Crippen LogP contribution in [0.15, 0.2) is 0 Å². The van der Waals surface area contributed by atoms with Crippen molar-refractivity contribution in [3.63, 3.8) is 0 Å². The second kappa shape index (κ2) is 8.62. The second-order valence-corrected chi connectivity index (χ2v) is 8.60. The van der Waals surface area contributed by atoms with Crippen LogP contribution in [0.5, 0.6) is 0 Å². The Balaban J connectivity index is 4.30. The van der Waals surface area contributed by atoms with Crippen LogP contribution in [-0.4, -0.2) is 22.9 Å². The Kier molecular flexibility index (Phi) is 8.56. The maximum atomic E-state index is 5.72. The monoisotopic (exact) mass is 318 g/mol. The van der Waals surface area contributed by atoms with Crippen LogP contribution in [0.4, 0.5) is 0 Å². The lowest BCUT2D eigenvalue weighted by Crippen LogP contribution is -2.34. The van der Waals surface area contributed by atoms with E-state index in [4.69, 9.17) is 19.6 Å². The Morgan fingerprint density at radius 2 is 1.27 bits per heavy atom. The largest absolute Gasteiger partial charge is 0.233 e. The highest BCUT2D eigenvalue weighted by Crippen LogP contribution is 2.28. The van der Waals surface area contributed by atoms with E-state index in [9.17, 15) is 0 Å². The molecule has 0 aliphatic carbocycles. The molecule has 3 unspecified atom stereocenters. The molecule has 0 saturated heterocycles. The van der Waals surface area contributed by atoms with Gasteiger partial charge in [-0.05, 0) is 80.6 Å². The minimum Gasteiger partial charge on any atom is -0.233 e. The fraction of sp³-hybridized carbons (Fsp3) is 1.00. The van der Waals surface area contributed by atoms with Crippen LogP contribution in [0.1, 0.15) is 88.5 Å². The van der Waals surface area contributed by atoms with Gasteiger partial charge < -0.3 is 0 Å². The van der Waals surface area contributed by atoms with Crippen molar-refractivity contribution in [2.24, 2.45) is 5.92 Å². The Hall–Kier alpha value is -0.160. The van der Waals surface area contributed by atoms with Crippen molar-refractivity contribution in [2.45, 2.75) is 111 Å². The maximum absolute atomic E-state index is 5.72. The normalized spacial score (nSPS) is 18.8. The molecule has 0 saturated carbocycles. The van der Waals surface area contributed by atoms with Gasteiger partial charge in [-0.25, -0.2) is 19.6 Å². The molecule has 0 spiro atoms. The predicted molar refractivity (Wildman–Crippen MR) is 90.4 cm³/mol. The summed E-state index contributed by atoms with van der Waals surface area (Å²) >= 11 is 0. The fourth-order valence-electron chi connectivity index (χ4n) is 1.59. The first-order valence-corrected chi connectivity index (χ1v) is 8.49. The third-order valence-corrected chi connectivity index (χ3v) is 3.62. The molecule has 0 aliphatic rings. The van der Waals surface area contributed by atoms with Crippen molar-refractivity contribution >= 4 is 0 Å². The summed E-state index contributed by atoms with van der Waals surface area (Å²) in [5.74, 6) is 0.381. The molecular formula is C18H38O4. The maximum Gasteiger partial charge on any atom is 0.101 e. The smallest absolute Gasteiger partial charge is 0.101 e.